The number of benzene rings is 2. The van der Waals surface area contributed by atoms with Crippen LogP contribution in [0.1, 0.15) is 15.9 Å². The third-order valence-corrected chi connectivity index (χ3v) is 3.67. The van der Waals surface area contributed by atoms with Gasteiger partial charge in [0.25, 0.3) is 5.91 Å². The highest BCUT2D eigenvalue weighted by Gasteiger charge is 2.12. The first kappa shape index (κ1) is 16.2. The first-order chi connectivity index (χ1) is 10.6. The Morgan fingerprint density at radius 1 is 1.09 bits per heavy atom. The van der Waals surface area contributed by atoms with E-state index in [9.17, 15) is 9.59 Å². The van der Waals surface area contributed by atoms with Crippen LogP contribution in [-0.4, -0.2) is 30.3 Å². The van der Waals surface area contributed by atoms with E-state index in [0.717, 1.165) is 10.0 Å². The molecule has 0 unspecified atom stereocenters. The Bertz CT molecular complexity index is 659. The summed E-state index contributed by atoms with van der Waals surface area (Å²) in [5.74, 6) is -0.394. The van der Waals surface area contributed by atoms with Crippen molar-refractivity contribution < 1.29 is 9.59 Å². The lowest BCUT2D eigenvalue weighted by molar-refractivity contribution is -0.129. The monoisotopic (exact) mass is 360 g/mol. The quantitative estimate of drug-likeness (QED) is 0.891. The number of nitrogens with zero attached hydrogens (tertiary/aromatic N) is 1. The average Bonchev–Trinajstić information content (AvgIpc) is 2.53. The summed E-state index contributed by atoms with van der Waals surface area (Å²) in [5.41, 5.74) is 1.57. The molecule has 0 bridgehead atoms. The lowest BCUT2D eigenvalue weighted by atomic mass is 10.2. The Hall–Kier alpha value is -2.14. The lowest BCUT2D eigenvalue weighted by Crippen LogP contribution is -2.37. The Labute approximate surface area is 138 Å². The smallest absolute Gasteiger partial charge is 0.251 e. The molecular weight excluding hydrogens is 344 g/mol. The molecule has 0 aliphatic carbocycles. The summed E-state index contributed by atoms with van der Waals surface area (Å²) in [5, 5.41) is 2.64. The topological polar surface area (TPSA) is 49.4 Å². The van der Waals surface area contributed by atoms with Crippen LogP contribution in [0.15, 0.2) is 59.1 Å². The van der Waals surface area contributed by atoms with Crippen molar-refractivity contribution >= 4 is 27.7 Å². The van der Waals surface area contributed by atoms with Gasteiger partial charge in [-0.05, 0) is 23.8 Å². The molecule has 2 amide bonds. The highest BCUT2D eigenvalue weighted by Crippen LogP contribution is 2.11. The van der Waals surface area contributed by atoms with Crippen LogP contribution in [0.2, 0.25) is 0 Å². The molecule has 0 saturated heterocycles. The summed E-state index contributed by atoms with van der Waals surface area (Å²) in [7, 11) is 1.72. The Balaban J connectivity index is 1.85. The SMILES string of the molecule is CN(Cc1ccccc1)C(=O)CNC(=O)c1cccc(Br)c1. The van der Waals surface area contributed by atoms with Gasteiger partial charge in [-0.15, -0.1) is 0 Å². The molecule has 0 spiro atoms. The molecular formula is C17H17BrN2O2. The van der Waals surface area contributed by atoms with Crippen molar-refractivity contribution in [3.63, 3.8) is 0 Å². The first-order valence-corrected chi connectivity index (χ1v) is 7.67. The van der Waals surface area contributed by atoms with Gasteiger partial charge in [-0.1, -0.05) is 52.3 Å². The molecule has 0 radical (unpaired) electrons. The van der Waals surface area contributed by atoms with E-state index >= 15 is 0 Å². The van der Waals surface area contributed by atoms with Crippen LogP contribution >= 0.6 is 15.9 Å². The number of hydrogen-bond donors (Lipinski definition) is 1. The van der Waals surface area contributed by atoms with E-state index in [1.807, 2.05) is 36.4 Å². The van der Waals surface area contributed by atoms with Gasteiger partial charge in [0.1, 0.15) is 0 Å². The first-order valence-electron chi connectivity index (χ1n) is 6.88. The van der Waals surface area contributed by atoms with Gasteiger partial charge in [0.15, 0.2) is 0 Å². The van der Waals surface area contributed by atoms with Crippen molar-refractivity contribution in [2.75, 3.05) is 13.6 Å². The molecule has 0 heterocycles. The number of carbonyl (C=O) groups is 2. The molecule has 0 aliphatic rings. The van der Waals surface area contributed by atoms with Crippen LogP contribution in [0.25, 0.3) is 0 Å². The minimum Gasteiger partial charge on any atom is -0.343 e. The fraction of sp³-hybridized carbons (Fsp3) is 0.176. The van der Waals surface area contributed by atoms with E-state index in [2.05, 4.69) is 21.2 Å². The fourth-order valence-electron chi connectivity index (χ4n) is 1.97. The van der Waals surface area contributed by atoms with E-state index in [0.29, 0.717) is 12.1 Å². The highest BCUT2D eigenvalue weighted by molar-refractivity contribution is 9.10. The van der Waals surface area contributed by atoms with Gasteiger partial charge in [-0.3, -0.25) is 9.59 Å². The minimum atomic E-state index is -0.261. The van der Waals surface area contributed by atoms with Crippen molar-refractivity contribution in [3.8, 4) is 0 Å². The number of carbonyl (C=O) groups excluding carboxylic acids is 2. The Kier molecular flexibility index (Phi) is 5.72. The molecule has 4 nitrogen and oxygen atoms in total. The summed E-state index contributed by atoms with van der Waals surface area (Å²) >= 11 is 3.32. The van der Waals surface area contributed by atoms with Crippen LogP contribution < -0.4 is 5.32 Å². The maximum Gasteiger partial charge on any atom is 0.251 e. The predicted octanol–water partition coefficient (Wildman–Crippen LogP) is 2.84. The van der Waals surface area contributed by atoms with Crippen LogP contribution in [0, 0.1) is 0 Å². The molecule has 2 aromatic carbocycles. The third kappa shape index (κ3) is 4.70. The zero-order chi connectivity index (χ0) is 15.9. The van der Waals surface area contributed by atoms with Crippen molar-refractivity contribution in [1.82, 2.24) is 10.2 Å². The zero-order valence-electron chi connectivity index (χ0n) is 12.3. The third-order valence-electron chi connectivity index (χ3n) is 3.18. The van der Waals surface area contributed by atoms with Crippen LogP contribution in [0.3, 0.4) is 0 Å². The molecule has 2 aromatic rings. The van der Waals surface area contributed by atoms with Gasteiger partial charge in [-0.25, -0.2) is 0 Å². The molecule has 0 saturated carbocycles. The Morgan fingerprint density at radius 3 is 2.50 bits per heavy atom. The molecule has 0 aromatic heterocycles. The molecule has 114 valence electrons. The second-order valence-corrected chi connectivity index (χ2v) is 5.84. The average molecular weight is 361 g/mol. The van der Waals surface area contributed by atoms with Gasteiger partial charge in [-0.2, -0.15) is 0 Å². The molecule has 5 heteroatoms. The second-order valence-electron chi connectivity index (χ2n) is 4.93. The van der Waals surface area contributed by atoms with E-state index < -0.39 is 0 Å². The number of nitrogens with one attached hydrogen (secondary N) is 1. The maximum absolute atomic E-state index is 12.1. The largest absolute Gasteiger partial charge is 0.343 e. The number of likely N-dealkylation sites (N-methyl/N-ethyl adjacent to an activating group) is 1. The van der Waals surface area contributed by atoms with Gasteiger partial charge < -0.3 is 10.2 Å². The van der Waals surface area contributed by atoms with E-state index in [-0.39, 0.29) is 18.4 Å². The lowest BCUT2D eigenvalue weighted by Gasteiger charge is -2.17. The molecule has 0 fully saturated rings. The summed E-state index contributed by atoms with van der Waals surface area (Å²) in [4.78, 5) is 25.6. The van der Waals surface area contributed by atoms with Gasteiger partial charge in [0.2, 0.25) is 5.91 Å². The number of hydrogen-bond acceptors (Lipinski definition) is 2. The van der Waals surface area contributed by atoms with Crippen molar-refractivity contribution in [3.05, 3.63) is 70.2 Å². The number of amides is 2. The second kappa shape index (κ2) is 7.75. The summed E-state index contributed by atoms with van der Waals surface area (Å²) < 4.78 is 0.827. The molecule has 0 aliphatic heterocycles. The zero-order valence-corrected chi connectivity index (χ0v) is 13.8. The van der Waals surface area contributed by atoms with Gasteiger partial charge in [0, 0.05) is 23.6 Å². The highest BCUT2D eigenvalue weighted by atomic mass is 79.9. The number of rotatable bonds is 5. The number of halogens is 1. The summed E-state index contributed by atoms with van der Waals surface area (Å²) in [6, 6.07) is 16.8. The van der Waals surface area contributed by atoms with Crippen molar-refractivity contribution in [1.29, 1.82) is 0 Å². The molecule has 0 atom stereocenters. The predicted molar refractivity (Wildman–Crippen MR) is 89.4 cm³/mol. The Morgan fingerprint density at radius 2 is 1.82 bits per heavy atom. The fourth-order valence-corrected chi connectivity index (χ4v) is 2.37. The van der Waals surface area contributed by atoms with Crippen LogP contribution in [0.5, 0.6) is 0 Å². The van der Waals surface area contributed by atoms with E-state index in [1.54, 1.807) is 30.1 Å². The van der Waals surface area contributed by atoms with E-state index in [1.165, 1.54) is 0 Å². The van der Waals surface area contributed by atoms with Gasteiger partial charge >= 0.3 is 0 Å². The standard InChI is InChI=1S/C17H17BrN2O2/c1-20(12-13-6-3-2-4-7-13)16(21)11-19-17(22)14-8-5-9-15(18)10-14/h2-10H,11-12H2,1H3,(H,19,22). The van der Waals surface area contributed by atoms with Crippen LogP contribution in [0.4, 0.5) is 0 Å². The normalized spacial score (nSPS) is 10.1. The van der Waals surface area contributed by atoms with Gasteiger partial charge in [0.05, 0.1) is 6.54 Å². The summed E-state index contributed by atoms with van der Waals surface area (Å²) in [6.45, 7) is 0.501. The van der Waals surface area contributed by atoms with Crippen molar-refractivity contribution in [2.24, 2.45) is 0 Å². The molecule has 1 N–H and O–H groups in total. The van der Waals surface area contributed by atoms with E-state index in [4.69, 9.17) is 0 Å². The minimum absolute atomic E-state index is 0.0192. The molecule has 2 rings (SSSR count). The van der Waals surface area contributed by atoms with Crippen molar-refractivity contribution in [2.45, 2.75) is 6.54 Å². The summed E-state index contributed by atoms with van der Waals surface area (Å²) in [6.07, 6.45) is 0. The maximum atomic E-state index is 12.1. The molecule has 22 heavy (non-hydrogen) atoms. The van der Waals surface area contributed by atoms with Crippen LogP contribution in [-0.2, 0) is 11.3 Å².